The molecule has 2 aromatic rings. The summed E-state index contributed by atoms with van der Waals surface area (Å²) in [5.41, 5.74) is 1.65. The van der Waals surface area contributed by atoms with Crippen LogP contribution in [0.15, 0.2) is 6.33 Å². The molecule has 1 saturated heterocycles. The first kappa shape index (κ1) is 14.1. The SMILES string of the molecule is CCCNc1nc(N2CCN(C)C(C)C2)c2[nH]cnc2n1. The van der Waals surface area contributed by atoms with Crippen LogP contribution in [0.5, 0.6) is 0 Å². The number of aromatic amines is 1. The van der Waals surface area contributed by atoms with E-state index in [1.807, 2.05) is 0 Å². The Morgan fingerprint density at radius 3 is 3.00 bits per heavy atom. The maximum absolute atomic E-state index is 4.71. The molecule has 2 aromatic heterocycles. The fraction of sp³-hybridized carbons (Fsp3) is 0.643. The highest BCUT2D eigenvalue weighted by Crippen LogP contribution is 2.24. The van der Waals surface area contributed by atoms with Gasteiger partial charge >= 0.3 is 0 Å². The lowest BCUT2D eigenvalue weighted by atomic mass is 10.2. The van der Waals surface area contributed by atoms with E-state index in [2.05, 4.69) is 51.0 Å². The van der Waals surface area contributed by atoms with Crippen molar-refractivity contribution in [1.82, 2.24) is 24.8 Å². The molecule has 1 unspecified atom stereocenters. The molecule has 0 spiro atoms. The molecule has 3 heterocycles. The minimum absolute atomic E-state index is 0.513. The first-order valence-corrected chi connectivity index (χ1v) is 7.59. The van der Waals surface area contributed by atoms with Crippen molar-refractivity contribution in [3.63, 3.8) is 0 Å². The third-order valence-electron chi connectivity index (χ3n) is 4.06. The smallest absolute Gasteiger partial charge is 0.226 e. The number of nitrogens with one attached hydrogen (secondary N) is 2. The number of fused-ring (bicyclic) bond motifs is 1. The summed E-state index contributed by atoms with van der Waals surface area (Å²) in [7, 11) is 2.17. The van der Waals surface area contributed by atoms with Crippen LogP contribution >= 0.6 is 0 Å². The zero-order valence-electron chi connectivity index (χ0n) is 12.9. The normalized spacial score (nSPS) is 20.1. The Hall–Kier alpha value is -1.89. The van der Waals surface area contributed by atoms with Gasteiger partial charge in [-0.3, -0.25) is 0 Å². The number of anilines is 2. The van der Waals surface area contributed by atoms with Gasteiger partial charge in [-0.1, -0.05) is 6.92 Å². The summed E-state index contributed by atoms with van der Waals surface area (Å²) in [5.74, 6) is 1.62. The summed E-state index contributed by atoms with van der Waals surface area (Å²) >= 11 is 0. The number of piperazine rings is 1. The van der Waals surface area contributed by atoms with Gasteiger partial charge in [0.1, 0.15) is 5.52 Å². The van der Waals surface area contributed by atoms with Crippen molar-refractivity contribution in [2.45, 2.75) is 26.3 Å². The molecular formula is C14H23N7. The summed E-state index contributed by atoms with van der Waals surface area (Å²) in [5, 5.41) is 3.26. The number of imidazole rings is 1. The zero-order chi connectivity index (χ0) is 14.8. The lowest BCUT2D eigenvalue weighted by molar-refractivity contribution is 0.233. The topological polar surface area (TPSA) is 73.0 Å². The van der Waals surface area contributed by atoms with Crippen molar-refractivity contribution in [3.8, 4) is 0 Å². The highest BCUT2D eigenvalue weighted by Gasteiger charge is 2.24. The van der Waals surface area contributed by atoms with Gasteiger partial charge in [0.2, 0.25) is 5.95 Å². The van der Waals surface area contributed by atoms with Gasteiger partial charge in [0.05, 0.1) is 6.33 Å². The van der Waals surface area contributed by atoms with Gasteiger partial charge in [-0.05, 0) is 20.4 Å². The molecule has 21 heavy (non-hydrogen) atoms. The van der Waals surface area contributed by atoms with Crippen LogP contribution in [0.25, 0.3) is 11.2 Å². The summed E-state index contributed by atoms with van der Waals surface area (Å²) < 4.78 is 0. The summed E-state index contributed by atoms with van der Waals surface area (Å²) in [6.45, 7) is 8.22. The Balaban J connectivity index is 1.94. The van der Waals surface area contributed by atoms with Gasteiger partial charge in [-0.15, -0.1) is 0 Å². The Bertz CT molecular complexity index is 608. The van der Waals surface area contributed by atoms with E-state index in [0.29, 0.717) is 12.0 Å². The maximum Gasteiger partial charge on any atom is 0.226 e. The Morgan fingerprint density at radius 2 is 2.24 bits per heavy atom. The summed E-state index contributed by atoms with van der Waals surface area (Å²) in [4.78, 5) is 21.3. The van der Waals surface area contributed by atoms with Crippen LogP contribution in [-0.4, -0.2) is 64.1 Å². The van der Waals surface area contributed by atoms with Crippen LogP contribution in [0.3, 0.4) is 0 Å². The van der Waals surface area contributed by atoms with E-state index in [4.69, 9.17) is 4.98 Å². The van der Waals surface area contributed by atoms with Crippen molar-refractivity contribution in [2.24, 2.45) is 0 Å². The van der Waals surface area contributed by atoms with Gasteiger partial charge in [0.25, 0.3) is 0 Å². The van der Waals surface area contributed by atoms with Crippen molar-refractivity contribution in [1.29, 1.82) is 0 Å². The Labute approximate surface area is 124 Å². The molecule has 0 amide bonds. The molecule has 7 heteroatoms. The standard InChI is InChI=1S/C14H23N7/c1-4-5-15-14-18-12-11(16-9-17-12)13(19-14)21-7-6-20(3)10(2)8-21/h9-10H,4-8H2,1-3H3,(H2,15,16,17,18,19). The number of H-pyrrole nitrogens is 1. The van der Waals surface area contributed by atoms with Crippen molar-refractivity contribution >= 4 is 22.9 Å². The number of aromatic nitrogens is 4. The molecule has 1 aliphatic rings. The third-order valence-corrected chi connectivity index (χ3v) is 4.06. The number of rotatable bonds is 4. The molecule has 0 bridgehead atoms. The van der Waals surface area contributed by atoms with Crippen LogP contribution in [0, 0.1) is 0 Å². The molecule has 3 rings (SSSR count). The van der Waals surface area contributed by atoms with E-state index in [0.717, 1.165) is 49.6 Å². The quantitative estimate of drug-likeness (QED) is 0.884. The molecule has 114 valence electrons. The predicted molar refractivity (Wildman–Crippen MR) is 84.8 cm³/mol. The van der Waals surface area contributed by atoms with Gasteiger partial charge in [-0.2, -0.15) is 9.97 Å². The van der Waals surface area contributed by atoms with E-state index in [9.17, 15) is 0 Å². The molecule has 1 aliphatic heterocycles. The van der Waals surface area contributed by atoms with Crippen LogP contribution in [0.1, 0.15) is 20.3 Å². The van der Waals surface area contributed by atoms with Gasteiger partial charge in [-0.25, -0.2) is 4.98 Å². The minimum Gasteiger partial charge on any atom is -0.354 e. The molecule has 2 N–H and O–H groups in total. The zero-order valence-corrected chi connectivity index (χ0v) is 12.9. The molecular weight excluding hydrogens is 266 g/mol. The second kappa shape index (κ2) is 5.85. The molecule has 0 aromatic carbocycles. The molecule has 1 fully saturated rings. The van der Waals surface area contributed by atoms with E-state index < -0.39 is 0 Å². The van der Waals surface area contributed by atoms with Gasteiger partial charge < -0.3 is 20.1 Å². The van der Waals surface area contributed by atoms with E-state index in [1.54, 1.807) is 6.33 Å². The lowest BCUT2D eigenvalue weighted by Gasteiger charge is -2.38. The second-order valence-electron chi connectivity index (χ2n) is 5.67. The highest BCUT2D eigenvalue weighted by molar-refractivity contribution is 5.84. The monoisotopic (exact) mass is 289 g/mol. The van der Waals surface area contributed by atoms with Crippen LogP contribution in [0.4, 0.5) is 11.8 Å². The molecule has 0 aliphatic carbocycles. The van der Waals surface area contributed by atoms with Crippen LogP contribution < -0.4 is 10.2 Å². The van der Waals surface area contributed by atoms with Gasteiger partial charge in [0, 0.05) is 32.2 Å². The fourth-order valence-corrected chi connectivity index (χ4v) is 2.60. The Kier molecular flexibility index (Phi) is 3.92. The van der Waals surface area contributed by atoms with Crippen molar-refractivity contribution in [3.05, 3.63) is 6.33 Å². The second-order valence-corrected chi connectivity index (χ2v) is 5.67. The number of likely N-dealkylation sites (N-methyl/N-ethyl adjacent to an activating group) is 1. The van der Waals surface area contributed by atoms with E-state index in [-0.39, 0.29) is 0 Å². The van der Waals surface area contributed by atoms with Crippen LogP contribution in [-0.2, 0) is 0 Å². The predicted octanol–water partition coefficient (Wildman–Crippen LogP) is 1.32. The number of hydrogen-bond donors (Lipinski definition) is 2. The average molecular weight is 289 g/mol. The van der Waals surface area contributed by atoms with E-state index >= 15 is 0 Å². The average Bonchev–Trinajstić information content (AvgIpc) is 2.95. The Morgan fingerprint density at radius 1 is 1.38 bits per heavy atom. The van der Waals surface area contributed by atoms with Crippen LogP contribution in [0.2, 0.25) is 0 Å². The molecule has 0 saturated carbocycles. The first-order chi connectivity index (χ1) is 10.2. The van der Waals surface area contributed by atoms with Crippen molar-refractivity contribution in [2.75, 3.05) is 43.4 Å². The lowest BCUT2D eigenvalue weighted by Crippen LogP contribution is -2.50. The van der Waals surface area contributed by atoms with Crippen molar-refractivity contribution < 1.29 is 0 Å². The largest absolute Gasteiger partial charge is 0.354 e. The number of nitrogens with zero attached hydrogens (tertiary/aromatic N) is 5. The van der Waals surface area contributed by atoms with Gasteiger partial charge in [0.15, 0.2) is 11.5 Å². The van der Waals surface area contributed by atoms with E-state index in [1.165, 1.54) is 0 Å². The summed E-state index contributed by atoms with van der Waals surface area (Å²) in [6, 6.07) is 0.513. The highest BCUT2D eigenvalue weighted by atomic mass is 15.3. The molecule has 0 radical (unpaired) electrons. The fourth-order valence-electron chi connectivity index (χ4n) is 2.60. The third kappa shape index (κ3) is 2.78. The number of hydrogen-bond acceptors (Lipinski definition) is 6. The maximum atomic E-state index is 4.71. The summed E-state index contributed by atoms with van der Waals surface area (Å²) in [6.07, 6.45) is 2.73. The molecule has 1 atom stereocenters. The first-order valence-electron chi connectivity index (χ1n) is 7.59. The molecule has 7 nitrogen and oxygen atoms in total. The minimum atomic E-state index is 0.513.